The van der Waals surface area contributed by atoms with Crippen LogP contribution in [0.25, 0.3) is 0 Å². The number of carbonyl (C=O) groups excluding carboxylic acids is 2. The summed E-state index contributed by atoms with van der Waals surface area (Å²) < 4.78 is 30.0. The maximum absolute atomic E-state index is 12.5. The first-order chi connectivity index (χ1) is 10.0. The van der Waals surface area contributed by atoms with Crippen molar-refractivity contribution >= 4 is 21.7 Å². The molecule has 7 heteroatoms. The van der Waals surface area contributed by atoms with E-state index >= 15 is 0 Å². The monoisotopic (exact) mass is 329 g/mol. The van der Waals surface area contributed by atoms with Crippen LogP contribution in [0.3, 0.4) is 0 Å². The van der Waals surface area contributed by atoms with E-state index in [2.05, 4.69) is 5.32 Å². The molecule has 0 unspecified atom stereocenters. The van der Waals surface area contributed by atoms with Crippen LogP contribution in [0, 0.1) is 11.8 Å². The van der Waals surface area contributed by atoms with Crippen LogP contribution in [0.1, 0.15) is 34.1 Å². The fourth-order valence-electron chi connectivity index (χ4n) is 2.31. The minimum Gasteiger partial charge on any atom is -0.382 e. The predicted molar refractivity (Wildman–Crippen MR) is 83.8 cm³/mol. The molecule has 1 aliphatic rings. The second-order valence-corrected chi connectivity index (χ2v) is 7.53. The summed E-state index contributed by atoms with van der Waals surface area (Å²) >= 11 is 0. The lowest BCUT2D eigenvalue weighted by Gasteiger charge is -2.24. The summed E-state index contributed by atoms with van der Waals surface area (Å²) in [5, 5.41) is 2.85. The molecule has 0 saturated heterocycles. The van der Waals surface area contributed by atoms with E-state index in [1.165, 1.54) is 6.08 Å². The van der Waals surface area contributed by atoms with Crippen molar-refractivity contribution in [3.63, 3.8) is 0 Å². The Kier molecular flexibility index (Phi) is 6.08. The smallest absolute Gasteiger partial charge is 0.264 e. The Labute approximate surface area is 131 Å². The van der Waals surface area contributed by atoms with Crippen molar-refractivity contribution in [1.82, 2.24) is 5.32 Å². The Bertz CT molecular complexity index is 626. The summed E-state index contributed by atoms with van der Waals surface area (Å²) in [5.74, 6) is -0.950. The zero-order valence-corrected chi connectivity index (χ0v) is 14.2. The maximum Gasteiger partial charge on any atom is 0.264 e. The number of carbonyl (C=O) groups is 2. The molecule has 0 radical (unpaired) electrons. The lowest BCUT2D eigenvalue weighted by molar-refractivity contribution is -0.116. The van der Waals surface area contributed by atoms with Crippen molar-refractivity contribution in [2.24, 2.45) is 11.8 Å². The van der Waals surface area contributed by atoms with Crippen molar-refractivity contribution in [2.45, 2.75) is 34.1 Å². The Morgan fingerprint density at radius 2 is 1.73 bits per heavy atom. The molecule has 0 bridgehead atoms. The molecule has 0 spiro atoms. The van der Waals surface area contributed by atoms with E-state index in [9.17, 15) is 18.0 Å². The van der Waals surface area contributed by atoms with Gasteiger partial charge in [-0.15, -0.1) is 0 Å². The van der Waals surface area contributed by atoms with Gasteiger partial charge in [-0.1, -0.05) is 27.7 Å². The van der Waals surface area contributed by atoms with Crippen molar-refractivity contribution in [2.75, 3.05) is 12.3 Å². The zero-order valence-electron chi connectivity index (χ0n) is 13.3. The van der Waals surface area contributed by atoms with E-state index in [0.717, 1.165) is 0 Å². The largest absolute Gasteiger partial charge is 0.382 e. The Morgan fingerprint density at radius 1 is 1.14 bits per heavy atom. The summed E-state index contributed by atoms with van der Waals surface area (Å²) in [6.07, 6.45) is 1.50. The highest BCUT2D eigenvalue weighted by Crippen LogP contribution is 2.27. The lowest BCUT2D eigenvalue weighted by Crippen LogP contribution is -2.32. The summed E-state index contributed by atoms with van der Waals surface area (Å²) in [6, 6.07) is 0. The van der Waals surface area contributed by atoms with Crippen molar-refractivity contribution in [1.29, 1.82) is 0 Å². The molecule has 0 fully saturated rings. The molecular formula is C15H23NO5S. The lowest BCUT2D eigenvalue weighted by atomic mass is 9.82. The normalized spacial score (nSPS) is 16.6. The molecule has 124 valence electrons. The van der Waals surface area contributed by atoms with Gasteiger partial charge in [0.15, 0.2) is 5.78 Å². The molecule has 0 heterocycles. The van der Waals surface area contributed by atoms with Gasteiger partial charge in [0.2, 0.25) is 5.78 Å². The Hall–Kier alpha value is -1.47. The van der Waals surface area contributed by atoms with Crippen molar-refractivity contribution < 1.29 is 22.6 Å². The molecule has 0 aromatic heterocycles. The molecule has 6 nitrogen and oxygen atoms in total. The van der Waals surface area contributed by atoms with E-state index in [0.29, 0.717) is 11.1 Å². The molecular weight excluding hydrogens is 306 g/mol. The predicted octanol–water partition coefficient (Wildman–Crippen LogP) is 1.50. The van der Waals surface area contributed by atoms with Gasteiger partial charge in [0.05, 0.1) is 11.4 Å². The average molecular weight is 329 g/mol. The second-order valence-electron chi connectivity index (χ2n) is 5.96. The first-order valence-electron chi connectivity index (χ1n) is 7.28. The molecule has 1 aliphatic carbocycles. The number of Topliss-reactive ketones (excluding diaryl/α,β-unsaturated/α-hetero) is 1. The van der Waals surface area contributed by atoms with Crippen molar-refractivity contribution in [3.8, 4) is 0 Å². The molecule has 0 atom stereocenters. The van der Waals surface area contributed by atoms with Gasteiger partial charge in [-0.05, 0) is 24.3 Å². The van der Waals surface area contributed by atoms with Gasteiger partial charge in [-0.2, -0.15) is 8.42 Å². The molecule has 22 heavy (non-hydrogen) atoms. The van der Waals surface area contributed by atoms with Crippen LogP contribution in [0.4, 0.5) is 0 Å². The topological polar surface area (TPSA) is 101 Å². The fourth-order valence-corrected chi connectivity index (χ4v) is 2.82. The van der Waals surface area contributed by atoms with E-state index in [4.69, 9.17) is 4.55 Å². The summed E-state index contributed by atoms with van der Waals surface area (Å²) in [7, 11) is -4.02. The first kappa shape index (κ1) is 18.6. The summed E-state index contributed by atoms with van der Waals surface area (Å²) in [6.45, 7) is 7.58. The molecule has 0 aromatic rings. The quantitative estimate of drug-likeness (QED) is 0.417. The van der Waals surface area contributed by atoms with E-state index < -0.39 is 10.1 Å². The van der Waals surface area contributed by atoms with Crippen LogP contribution in [-0.2, 0) is 19.7 Å². The Morgan fingerprint density at radius 3 is 2.18 bits per heavy atom. The van der Waals surface area contributed by atoms with Gasteiger partial charge >= 0.3 is 0 Å². The van der Waals surface area contributed by atoms with Gasteiger partial charge < -0.3 is 5.32 Å². The minimum absolute atomic E-state index is 0.0359. The second kappa shape index (κ2) is 7.19. The van der Waals surface area contributed by atoms with Gasteiger partial charge in [0, 0.05) is 17.7 Å². The number of nitrogens with one attached hydrogen (secondary N) is 1. The highest BCUT2D eigenvalue weighted by molar-refractivity contribution is 7.85. The van der Waals surface area contributed by atoms with Crippen molar-refractivity contribution in [3.05, 3.63) is 22.9 Å². The third-order valence-electron chi connectivity index (χ3n) is 3.39. The third kappa shape index (κ3) is 4.78. The average Bonchev–Trinajstić information content (AvgIpc) is 2.35. The number of allylic oxidation sites excluding steroid dienone is 3. The van der Waals surface area contributed by atoms with Crippen LogP contribution < -0.4 is 5.32 Å². The minimum atomic E-state index is -4.02. The standard InChI is InChI=1S/C15H23NO5S/c1-9(2)11-8-12(17)14(13(10(3)4)15(11)18)16-6-5-7-22(19,20)21/h8-10,16H,5-7H2,1-4H3,(H,19,20,21). The van der Waals surface area contributed by atoms with Gasteiger partial charge in [0.1, 0.15) is 0 Å². The highest BCUT2D eigenvalue weighted by atomic mass is 32.2. The van der Waals surface area contributed by atoms with E-state index in [1.807, 2.05) is 27.7 Å². The summed E-state index contributed by atoms with van der Waals surface area (Å²) in [5.41, 5.74) is 1.17. The highest BCUT2D eigenvalue weighted by Gasteiger charge is 2.31. The molecule has 0 saturated carbocycles. The SMILES string of the molecule is CC(C)C1=CC(=O)C(NCCCS(=O)(=O)O)=C(C(C)C)C1=O. The molecule has 0 amide bonds. The number of hydrogen-bond donors (Lipinski definition) is 2. The first-order valence-corrected chi connectivity index (χ1v) is 8.89. The van der Waals surface area contributed by atoms with Crippen LogP contribution >= 0.6 is 0 Å². The Balaban J connectivity index is 2.94. The van der Waals surface area contributed by atoms with Gasteiger partial charge in [-0.3, -0.25) is 14.1 Å². The van der Waals surface area contributed by atoms with Gasteiger partial charge in [-0.25, -0.2) is 0 Å². The van der Waals surface area contributed by atoms with E-state index in [-0.39, 0.29) is 47.8 Å². The van der Waals surface area contributed by atoms with Crippen LogP contribution in [-0.4, -0.2) is 36.8 Å². The fraction of sp³-hybridized carbons (Fsp3) is 0.600. The van der Waals surface area contributed by atoms with Crippen LogP contribution in [0.2, 0.25) is 0 Å². The maximum atomic E-state index is 12.5. The van der Waals surface area contributed by atoms with Crippen LogP contribution in [0.5, 0.6) is 0 Å². The van der Waals surface area contributed by atoms with Crippen LogP contribution in [0.15, 0.2) is 22.9 Å². The third-order valence-corrected chi connectivity index (χ3v) is 4.19. The molecule has 1 rings (SSSR count). The molecule has 0 aromatic carbocycles. The van der Waals surface area contributed by atoms with Gasteiger partial charge in [0.25, 0.3) is 10.1 Å². The van der Waals surface area contributed by atoms with E-state index in [1.54, 1.807) is 0 Å². The molecule has 2 N–H and O–H groups in total. The number of hydrogen-bond acceptors (Lipinski definition) is 5. The molecule has 0 aliphatic heterocycles. The number of rotatable bonds is 7. The number of ketones is 2. The summed E-state index contributed by atoms with van der Waals surface area (Å²) in [4.78, 5) is 24.7. The zero-order chi connectivity index (χ0) is 17.1.